The van der Waals surface area contributed by atoms with Crippen LogP contribution in [0.1, 0.15) is 258 Å². The van der Waals surface area contributed by atoms with Crippen LogP contribution in [0.15, 0.2) is 72.9 Å². The van der Waals surface area contributed by atoms with Gasteiger partial charge in [0.2, 0.25) is 5.91 Å². The Kier molecular flexibility index (Phi) is 48.0. The highest BCUT2D eigenvalue weighted by molar-refractivity contribution is 5.76. The average molecular weight is 999 g/mol. The fraction of sp³-hybridized carbons (Fsp3) is 0.790. The maximum absolute atomic E-state index is 13.1. The van der Waals surface area contributed by atoms with Crippen molar-refractivity contribution in [2.75, 3.05) is 13.2 Å². The molecule has 0 spiro atoms. The molecule has 71 heavy (non-hydrogen) atoms. The van der Waals surface area contributed by atoms with Crippen molar-refractivity contribution >= 4 is 5.91 Å². The van der Waals surface area contributed by atoms with Crippen LogP contribution in [0.4, 0.5) is 0 Å². The number of carbonyl (C=O) groups is 1. The number of rotatable bonds is 50. The molecule has 7 atom stereocenters. The Morgan fingerprint density at radius 3 is 1.28 bits per heavy atom. The molecule has 0 aromatic heterocycles. The summed E-state index contributed by atoms with van der Waals surface area (Å²) in [5.74, 6) is -0.193. The van der Waals surface area contributed by atoms with Gasteiger partial charge in [-0.2, -0.15) is 0 Å². The molecular weight excluding hydrogens is 887 g/mol. The van der Waals surface area contributed by atoms with E-state index in [1.54, 1.807) is 6.08 Å². The molecular formula is C62H111NO8. The van der Waals surface area contributed by atoms with Crippen LogP contribution in [0.3, 0.4) is 0 Å². The third kappa shape index (κ3) is 40.7. The number of hydrogen-bond donors (Lipinski definition) is 6. The maximum Gasteiger partial charge on any atom is 0.220 e. The van der Waals surface area contributed by atoms with Crippen molar-refractivity contribution in [1.29, 1.82) is 0 Å². The van der Waals surface area contributed by atoms with E-state index < -0.39 is 49.5 Å². The largest absolute Gasteiger partial charge is 0.394 e. The Hall–Kier alpha value is -2.37. The molecule has 1 amide bonds. The normalized spacial score (nSPS) is 19.8. The van der Waals surface area contributed by atoms with Crippen LogP contribution in [0.25, 0.3) is 0 Å². The summed E-state index contributed by atoms with van der Waals surface area (Å²) in [6, 6.07) is -0.833. The van der Waals surface area contributed by atoms with Gasteiger partial charge in [0.25, 0.3) is 0 Å². The number of ether oxygens (including phenoxy) is 2. The summed E-state index contributed by atoms with van der Waals surface area (Å²) >= 11 is 0. The minimum atomic E-state index is -1.58. The summed E-state index contributed by atoms with van der Waals surface area (Å²) in [5.41, 5.74) is 0. The van der Waals surface area contributed by atoms with Gasteiger partial charge in [0.15, 0.2) is 6.29 Å². The number of amides is 1. The predicted octanol–water partition coefficient (Wildman–Crippen LogP) is 14.8. The number of hydrogen-bond acceptors (Lipinski definition) is 8. The van der Waals surface area contributed by atoms with Crippen LogP contribution in [0.2, 0.25) is 0 Å². The first-order valence-corrected chi connectivity index (χ1v) is 29.7. The van der Waals surface area contributed by atoms with Gasteiger partial charge in [-0.15, -0.1) is 0 Å². The lowest BCUT2D eigenvalue weighted by Gasteiger charge is -2.40. The van der Waals surface area contributed by atoms with E-state index in [0.29, 0.717) is 6.42 Å². The SMILES string of the molecule is CCCCCCC/C=C\C/C=C\C/C=C\CCCCCCCCCCCCCCC(=O)NC(COC1OC(CO)C(O)C(O)C1O)C(O)/C=C/CC/C=C/CC/C=C/CCCCCCCCCCCCC. The second kappa shape index (κ2) is 51.1. The zero-order valence-corrected chi connectivity index (χ0v) is 45.7. The second-order valence-electron chi connectivity index (χ2n) is 20.4. The second-order valence-corrected chi connectivity index (χ2v) is 20.4. The molecule has 0 aromatic carbocycles. The van der Waals surface area contributed by atoms with Crippen LogP contribution in [0, 0.1) is 0 Å². The molecule has 1 aliphatic rings. The first-order valence-electron chi connectivity index (χ1n) is 29.7. The molecule has 1 aliphatic heterocycles. The summed E-state index contributed by atoms with van der Waals surface area (Å²) in [6.07, 6.45) is 63.9. The third-order valence-electron chi connectivity index (χ3n) is 13.7. The molecule has 0 aromatic rings. The molecule has 9 nitrogen and oxygen atoms in total. The van der Waals surface area contributed by atoms with Crippen molar-refractivity contribution in [2.45, 2.75) is 301 Å². The summed E-state index contributed by atoms with van der Waals surface area (Å²) in [7, 11) is 0. The van der Waals surface area contributed by atoms with Crippen molar-refractivity contribution in [3.05, 3.63) is 72.9 Å². The number of aliphatic hydroxyl groups excluding tert-OH is 5. The van der Waals surface area contributed by atoms with Crippen molar-refractivity contribution in [1.82, 2.24) is 5.32 Å². The highest BCUT2D eigenvalue weighted by Gasteiger charge is 2.44. The van der Waals surface area contributed by atoms with Gasteiger partial charge in [-0.1, -0.05) is 241 Å². The van der Waals surface area contributed by atoms with E-state index in [1.165, 1.54) is 180 Å². The number of aliphatic hydroxyl groups is 5. The van der Waals surface area contributed by atoms with Crippen LogP contribution < -0.4 is 5.32 Å². The lowest BCUT2D eigenvalue weighted by molar-refractivity contribution is -0.302. The smallest absolute Gasteiger partial charge is 0.220 e. The molecule has 1 heterocycles. The minimum absolute atomic E-state index is 0.193. The summed E-state index contributed by atoms with van der Waals surface area (Å²) in [6.45, 7) is 3.76. The van der Waals surface area contributed by atoms with E-state index in [2.05, 4.69) is 79.9 Å². The van der Waals surface area contributed by atoms with E-state index >= 15 is 0 Å². The third-order valence-corrected chi connectivity index (χ3v) is 13.7. The Balaban J connectivity index is 2.25. The molecule has 1 fully saturated rings. The Bertz CT molecular complexity index is 1340. The quantitative estimate of drug-likeness (QED) is 0.0261. The van der Waals surface area contributed by atoms with Gasteiger partial charge in [-0.25, -0.2) is 0 Å². The fourth-order valence-corrected chi connectivity index (χ4v) is 9.02. The van der Waals surface area contributed by atoms with Gasteiger partial charge in [0, 0.05) is 6.42 Å². The zero-order chi connectivity index (χ0) is 51.5. The van der Waals surface area contributed by atoms with E-state index in [-0.39, 0.29) is 12.5 Å². The van der Waals surface area contributed by atoms with E-state index in [9.17, 15) is 30.3 Å². The maximum atomic E-state index is 13.1. The first kappa shape index (κ1) is 66.6. The molecule has 7 unspecified atom stereocenters. The highest BCUT2D eigenvalue weighted by atomic mass is 16.7. The Morgan fingerprint density at radius 2 is 0.845 bits per heavy atom. The molecule has 0 radical (unpaired) electrons. The first-order chi connectivity index (χ1) is 34.8. The summed E-state index contributed by atoms with van der Waals surface area (Å²) < 4.78 is 11.3. The molecule has 9 heteroatoms. The molecule has 6 N–H and O–H groups in total. The van der Waals surface area contributed by atoms with Crippen molar-refractivity contribution in [3.63, 3.8) is 0 Å². The molecule has 0 aliphatic carbocycles. The highest BCUT2D eigenvalue weighted by Crippen LogP contribution is 2.23. The van der Waals surface area contributed by atoms with Crippen LogP contribution in [-0.4, -0.2) is 87.5 Å². The van der Waals surface area contributed by atoms with E-state index in [1.807, 2.05) is 6.08 Å². The molecule has 1 saturated heterocycles. The van der Waals surface area contributed by atoms with Crippen molar-refractivity contribution < 1.29 is 39.8 Å². The fourth-order valence-electron chi connectivity index (χ4n) is 9.02. The Labute approximate surface area is 436 Å². The van der Waals surface area contributed by atoms with Gasteiger partial charge in [0.1, 0.15) is 24.4 Å². The van der Waals surface area contributed by atoms with Gasteiger partial charge in [-0.3, -0.25) is 4.79 Å². The standard InChI is InChI=1S/C62H111NO8/c1-3-5-7-9-11-13-15-17-19-21-23-25-26-27-28-29-30-32-34-36-38-40-42-44-46-48-50-52-58(66)63-55(54-70-62-61(69)60(68)59(67)57(53-64)71-62)56(65)51-49-47-45-43-41-39-37-35-33-31-24-22-20-18-16-14-12-10-8-6-4-2/h15,17,21,23,26-27,33,35,41,43,49,51,55-57,59-62,64-65,67-69H,3-14,16,18-20,22,24-25,28-32,34,36-40,42,44-48,50,52-54H2,1-2H3,(H,63,66)/b17-15-,23-21-,27-26-,35-33+,43-41+,51-49+. The summed E-state index contributed by atoms with van der Waals surface area (Å²) in [5, 5.41) is 54.5. The molecule has 412 valence electrons. The Morgan fingerprint density at radius 1 is 0.479 bits per heavy atom. The minimum Gasteiger partial charge on any atom is -0.394 e. The summed E-state index contributed by atoms with van der Waals surface area (Å²) in [4.78, 5) is 13.1. The van der Waals surface area contributed by atoms with Crippen LogP contribution in [0.5, 0.6) is 0 Å². The number of nitrogens with one attached hydrogen (secondary N) is 1. The molecule has 0 saturated carbocycles. The van der Waals surface area contributed by atoms with Gasteiger partial charge >= 0.3 is 0 Å². The lowest BCUT2D eigenvalue weighted by Crippen LogP contribution is -2.60. The van der Waals surface area contributed by atoms with Crippen molar-refractivity contribution in [2.24, 2.45) is 0 Å². The van der Waals surface area contributed by atoms with Gasteiger partial charge < -0.3 is 40.3 Å². The lowest BCUT2D eigenvalue weighted by atomic mass is 9.99. The van der Waals surface area contributed by atoms with Crippen LogP contribution in [-0.2, 0) is 14.3 Å². The van der Waals surface area contributed by atoms with Gasteiger partial charge in [0.05, 0.1) is 25.4 Å². The van der Waals surface area contributed by atoms with E-state index in [0.717, 1.165) is 57.8 Å². The van der Waals surface area contributed by atoms with Crippen molar-refractivity contribution in [3.8, 4) is 0 Å². The topological polar surface area (TPSA) is 149 Å². The number of allylic oxidation sites excluding steroid dienone is 11. The average Bonchev–Trinajstić information content (AvgIpc) is 3.37. The predicted molar refractivity (Wildman–Crippen MR) is 299 cm³/mol. The number of carbonyl (C=O) groups excluding carboxylic acids is 1. The zero-order valence-electron chi connectivity index (χ0n) is 45.7. The molecule has 0 bridgehead atoms. The van der Waals surface area contributed by atoms with Gasteiger partial charge in [-0.05, 0) is 83.5 Å². The molecule has 1 rings (SSSR count). The monoisotopic (exact) mass is 998 g/mol. The van der Waals surface area contributed by atoms with E-state index in [4.69, 9.17) is 9.47 Å². The number of unbranched alkanes of at least 4 members (excludes halogenated alkanes) is 30. The van der Waals surface area contributed by atoms with Crippen LogP contribution >= 0.6 is 0 Å².